The number of aromatic nitrogens is 4. The van der Waals surface area contributed by atoms with Crippen LogP contribution in [0.3, 0.4) is 0 Å². The lowest BCUT2D eigenvalue weighted by Gasteiger charge is -2.12. The monoisotopic (exact) mass is 279 g/mol. The van der Waals surface area contributed by atoms with Crippen molar-refractivity contribution >= 4 is 5.69 Å². The van der Waals surface area contributed by atoms with Gasteiger partial charge < -0.3 is 10.5 Å². The van der Waals surface area contributed by atoms with E-state index in [1.165, 1.54) is 6.07 Å². The predicted octanol–water partition coefficient (Wildman–Crippen LogP) is 1.79. The summed E-state index contributed by atoms with van der Waals surface area (Å²) in [6, 6.07) is 3.06. The number of nitrogens with two attached hydrogens (primary N) is 1. The molecule has 0 aliphatic heterocycles. The Bertz CT molecular complexity index is 575. The molecule has 2 N–H and O–H groups in total. The Morgan fingerprint density at radius 1 is 1.45 bits per heavy atom. The number of benzene rings is 1. The molecule has 7 heteroatoms. The van der Waals surface area contributed by atoms with Crippen molar-refractivity contribution in [3.63, 3.8) is 0 Å². The van der Waals surface area contributed by atoms with Crippen molar-refractivity contribution in [2.45, 2.75) is 33.4 Å². The number of nitrogens with zero attached hydrogens (tertiary/aromatic N) is 4. The molecule has 1 atom stereocenters. The molecular weight excluding hydrogens is 261 g/mol. The summed E-state index contributed by atoms with van der Waals surface area (Å²) in [7, 11) is 0. The zero-order chi connectivity index (χ0) is 14.7. The normalized spacial score (nSPS) is 12.6. The summed E-state index contributed by atoms with van der Waals surface area (Å²) in [6.45, 7) is 6.59. The molecule has 0 amide bonds. The van der Waals surface area contributed by atoms with Gasteiger partial charge in [-0.2, -0.15) is 0 Å². The van der Waals surface area contributed by atoms with Crippen LogP contribution in [0.1, 0.15) is 19.4 Å². The van der Waals surface area contributed by atoms with Crippen LogP contribution in [0.4, 0.5) is 10.1 Å². The summed E-state index contributed by atoms with van der Waals surface area (Å²) >= 11 is 0. The summed E-state index contributed by atoms with van der Waals surface area (Å²) < 4.78 is 20.8. The highest BCUT2D eigenvalue weighted by Gasteiger charge is 2.14. The van der Waals surface area contributed by atoms with E-state index in [0.717, 1.165) is 0 Å². The van der Waals surface area contributed by atoms with Crippen molar-refractivity contribution in [1.29, 1.82) is 0 Å². The van der Waals surface area contributed by atoms with Gasteiger partial charge in [0, 0.05) is 23.4 Å². The fraction of sp³-hybridized carbons (Fsp3) is 0.462. The minimum absolute atomic E-state index is 0.0325. The number of hydrogen-bond donors (Lipinski definition) is 1. The number of nitrogen functional groups attached to an aromatic ring is 1. The molecule has 1 aromatic carbocycles. The van der Waals surface area contributed by atoms with Crippen molar-refractivity contribution < 1.29 is 9.13 Å². The highest BCUT2D eigenvalue weighted by molar-refractivity contribution is 5.63. The molecular formula is C13H18FN5O. The first kappa shape index (κ1) is 14.4. The Kier molecular flexibility index (Phi) is 4.29. The van der Waals surface area contributed by atoms with E-state index < -0.39 is 0 Å². The van der Waals surface area contributed by atoms with Crippen molar-refractivity contribution in [2.75, 3.05) is 12.3 Å². The first-order valence-corrected chi connectivity index (χ1v) is 6.46. The first-order valence-electron chi connectivity index (χ1n) is 6.46. The molecule has 2 aromatic rings. The number of rotatable bonds is 5. The standard InChI is InChI=1S/C13H18FN5O/c1-4-20-8(2)7-19-13(16-17-18-19)10-5-11(14)9(3)12(15)6-10/h5-6,8H,4,7,15H2,1-3H3. The van der Waals surface area contributed by atoms with Crippen LogP contribution >= 0.6 is 0 Å². The fourth-order valence-corrected chi connectivity index (χ4v) is 1.94. The highest BCUT2D eigenvalue weighted by Crippen LogP contribution is 2.24. The molecule has 108 valence electrons. The van der Waals surface area contributed by atoms with Gasteiger partial charge in [0.05, 0.1) is 12.6 Å². The molecule has 1 aromatic heterocycles. The average Bonchev–Trinajstić information content (AvgIpc) is 2.83. The average molecular weight is 279 g/mol. The van der Waals surface area contributed by atoms with Crippen LogP contribution in [0.25, 0.3) is 11.4 Å². The Balaban J connectivity index is 2.32. The topological polar surface area (TPSA) is 78.8 Å². The van der Waals surface area contributed by atoms with Gasteiger partial charge in [-0.05, 0) is 43.3 Å². The molecule has 0 aliphatic carbocycles. The number of halogens is 1. The zero-order valence-electron chi connectivity index (χ0n) is 11.8. The lowest BCUT2D eigenvalue weighted by Crippen LogP contribution is -2.18. The molecule has 0 saturated carbocycles. The summed E-state index contributed by atoms with van der Waals surface area (Å²) in [4.78, 5) is 0. The maximum atomic E-state index is 13.8. The first-order chi connectivity index (χ1) is 9.52. The lowest BCUT2D eigenvalue weighted by atomic mass is 10.1. The molecule has 0 aliphatic rings. The van der Waals surface area contributed by atoms with Crippen LogP contribution in [0.2, 0.25) is 0 Å². The lowest BCUT2D eigenvalue weighted by molar-refractivity contribution is 0.0614. The van der Waals surface area contributed by atoms with Crippen molar-refractivity contribution in [3.05, 3.63) is 23.5 Å². The molecule has 6 nitrogen and oxygen atoms in total. The molecule has 0 fully saturated rings. The second-order valence-electron chi connectivity index (χ2n) is 4.62. The SMILES string of the molecule is CCOC(C)Cn1nnnc1-c1cc(N)c(C)c(F)c1. The van der Waals surface area contributed by atoms with E-state index in [1.807, 2.05) is 13.8 Å². The maximum Gasteiger partial charge on any atom is 0.182 e. The second kappa shape index (κ2) is 5.96. The third-order valence-electron chi connectivity index (χ3n) is 3.06. The van der Waals surface area contributed by atoms with E-state index in [2.05, 4.69) is 15.5 Å². The van der Waals surface area contributed by atoms with Crippen LogP contribution in [0.5, 0.6) is 0 Å². The van der Waals surface area contributed by atoms with E-state index in [4.69, 9.17) is 10.5 Å². The van der Waals surface area contributed by atoms with E-state index >= 15 is 0 Å². The minimum Gasteiger partial charge on any atom is -0.398 e. The van der Waals surface area contributed by atoms with Crippen LogP contribution in [0, 0.1) is 12.7 Å². The van der Waals surface area contributed by atoms with Crippen LogP contribution in [-0.4, -0.2) is 32.9 Å². The zero-order valence-corrected chi connectivity index (χ0v) is 11.8. The largest absolute Gasteiger partial charge is 0.398 e. The Labute approximate surface area is 116 Å². The second-order valence-corrected chi connectivity index (χ2v) is 4.62. The number of ether oxygens (including phenoxy) is 1. The molecule has 1 unspecified atom stereocenters. The van der Waals surface area contributed by atoms with Gasteiger partial charge in [-0.1, -0.05) is 0 Å². The molecule has 0 spiro atoms. The van der Waals surface area contributed by atoms with Gasteiger partial charge >= 0.3 is 0 Å². The summed E-state index contributed by atoms with van der Waals surface area (Å²) in [6.07, 6.45) is -0.0325. The fourth-order valence-electron chi connectivity index (χ4n) is 1.94. The van der Waals surface area contributed by atoms with Gasteiger partial charge in [-0.15, -0.1) is 5.10 Å². The summed E-state index contributed by atoms with van der Waals surface area (Å²) in [5.41, 5.74) is 7.15. The van der Waals surface area contributed by atoms with Crippen molar-refractivity contribution in [1.82, 2.24) is 20.2 Å². The van der Waals surface area contributed by atoms with Gasteiger partial charge in [-0.3, -0.25) is 0 Å². The number of anilines is 1. The third-order valence-corrected chi connectivity index (χ3v) is 3.06. The van der Waals surface area contributed by atoms with Crippen molar-refractivity contribution in [2.24, 2.45) is 0 Å². The third kappa shape index (κ3) is 2.93. The quantitative estimate of drug-likeness (QED) is 0.844. The van der Waals surface area contributed by atoms with E-state index in [1.54, 1.807) is 17.7 Å². The van der Waals surface area contributed by atoms with Crippen LogP contribution < -0.4 is 5.73 Å². The van der Waals surface area contributed by atoms with Gasteiger partial charge in [0.2, 0.25) is 0 Å². The van der Waals surface area contributed by atoms with E-state index in [0.29, 0.717) is 35.8 Å². The Hall–Kier alpha value is -2.02. The van der Waals surface area contributed by atoms with E-state index in [-0.39, 0.29) is 11.9 Å². The predicted molar refractivity (Wildman–Crippen MR) is 73.4 cm³/mol. The molecule has 20 heavy (non-hydrogen) atoms. The number of hydrogen-bond acceptors (Lipinski definition) is 5. The molecule has 2 rings (SSSR count). The Morgan fingerprint density at radius 2 is 2.20 bits per heavy atom. The van der Waals surface area contributed by atoms with Crippen LogP contribution in [0.15, 0.2) is 12.1 Å². The van der Waals surface area contributed by atoms with Gasteiger partial charge in [0.25, 0.3) is 0 Å². The van der Waals surface area contributed by atoms with Crippen molar-refractivity contribution in [3.8, 4) is 11.4 Å². The maximum absolute atomic E-state index is 13.8. The molecule has 0 radical (unpaired) electrons. The number of tetrazole rings is 1. The summed E-state index contributed by atoms with van der Waals surface area (Å²) in [5, 5.41) is 11.5. The van der Waals surface area contributed by atoms with Gasteiger partial charge in [0.1, 0.15) is 5.82 Å². The molecule has 0 bridgehead atoms. The molecule has 0 saturated heterocycles. The smallest absolute Gasteiger partial charge is 0.182 e. The highest BCUT2D eigenvalue weighted by atomic mass is 19.1. The minimum atomic E-state index is -0.368. The molecule has 1 heterocycles. The van der Waals surface area contributed by atoms with E-state index in [9.17, 15) is 4.39 Å². The van der Waals surface area contributed by atoms with Crippen LogP contribution in [-0.2, 0) is 11.3 Å². The van der Waals surface area contributed by atoms with Gasteiger partial charge in [-0.25, -0.2) is 9.07 Å². The van der Waals surface area contributed by atoms with Gasteiger partial charge in [0.15, 0.2) is 5.82 Å². The Morgan fingerprint density at radius 3 is 2.85 bits per heavy atom. The summed E-state index contributed by atoms with van der Waals surface area (Å²) in [5.74, 6) is 0.106.